The highest BCUT2D eigenvalue weighted by molar-refractivity contribution is 5.14. The second-order valence-corrected chi connectivity index (χ2v) is 5.06. The number of benzene rings is 1. The summed E-state index contributed by atoms with van der Waals surface area (Å²) in [6, 6.07) is 10.5. The lowest BCUT2D eigenvalue weighted by molar-refractivity contribution is 0.0997. The van der Waals surface area contributed by atoms with Crippen molar-refractivity contribution < 1.29 is 5.11 Å². The highest BCUT2D eigenvalue weighted by atomic mass is 16.3. The summed E-state index contributed by atoms with van der Waals surface area (Å²) in [6.45, 7) is 4.37. The van der Waals surface area contributed by atoms with Crippen LogP contribution in [-0.4, -0.2) is 11.2 Å². The van der Waals surface area contributed by atoms with Crippen LogP contribution in [0, 0.1) is 5.92 Å². The second kappa shape index (κ2) is 8.30. The van der Waals surface area contributed by atoms with Crippen molar-refractivity contribution in [3.05, 3.63) is 35.9 Å². The van der Waals surface area contributed by atoms with Gasteiger partial charge in [0.25, 0.3) is 0 Å². The first-order valence-electron chi connectivity index (χ1n) is 6.96. The van der Waals surface area contributed by atoms with Gasteiger partial charge in [0.1, 0.15) is 0 Å². The Morgan fingerprint density at radius 3 is 2.41 bits per heavy atom. The molecule has 0 amide bonds. The lowest BCUT2D eigenvalue weighted by atomic mass is 9.94. The standard InChI is InChI=1S/C16H26O/c1-3-4-9-14(2)16(17)13-8-12-15-10-6-5-7-11-15/h5-7,10-11,14,16-17H,3-4,8-9,12-13H2,1-2H3. The average molecular weight is 234 g/mol. The first-order chi connectivity index (χ1) is 8.24. The van der Waals surface area contributed by atoms with Crippen LogP contribution in [0.4, 0.5) is 0 Å². The topological polar surface area (TPSA) is 20.2 Å². The maximum Gasteiger partial charge on any atom is 0.0565 e. The Balaban J connectivity index is 2.17. The molecule has 0 fully saturated rings. The van der Waals surface area contributed by atoms with E-state index in [1.165, 1.54) is 18.4 Å². The Morgan fingerprint density at radius 2 is 1.76 bits per heavy atom. The monoisotopic (exact) mass is 234 g/mol. The van der Waals surface area contributed by atoms with E-state index in [0.717, 1.165) is 25.7 Å². The summed E-state index contributed by atoms with van der Waals surface area (Å²) >= 11 is 0. The number of rotatable bonds is 8. The molecule has 0 spiro atoms. The van der Waals surface area contributed by atoms with Crippen LogP contribution < -0.4 is 0 Å². The van der Waals surface area contributed by atoms with Crippen LogP contribution in [0.2, 0.25) is 0 Å². The third kappa shape index (κ3) is 5.88. The molecule has 1 N–H and O–H groups in total. The van der Waals surface area contributed by atoms with E-state index in [9.17, 15) is 5.11 Å². The van der Waals surface area contributed by atoms with Crippen molar-refractivity contribution in [2.75, 3.05) is 0 Å². The van der Waals surface area contributed by atoms with Gasteiger partial charge in [0.15, 0.2) is 0 Å². The SMILES string of the molecule is CCCCC(C)C(O)CCCc1ccccc1. The van der Waals surface area contributed by atoms with Crippen LogP contribution in [0.15, 0.2) is 30.3 Å². The maximum atomic E-state index is 10.0. The second-order valence-electron chi connectivity index (χ2n) is 5.06. The van der Waals surface area contributed by atoms with E-state index >= 15 is 0 Å². The predicted octanol–water partition coefficient (Wildman–Crippen LogP) is 4.20. The summed E-state index contributed by atoms with van der Waals surface area (Å²) in [5.74, 6) is 0.450. The Kier molecular flexibility index (Phi) is 6.95. The van der Waals surface area contributed by atoms with E-state index in [1.807, 2.05) is 6.07 Å². The molecule has 1 nitrogen and oxygen atoms in total. The van der Waals surface area contributed by atoms with Gasteiger partial charge in [-0.3, -0.25) is 0 Å². The van der Waals surface area contributed by atoms with Crippen molar-refractivity contribution in [1.29, 1.82) is 0 Å². The zero-order valence-electron chi connectivity index (χ0n) is 11.2. The van der Waals surface area contributed by atoms with Crippen molar-refractivity contribution in [3.63, 3.8) is 0 Å². The molecule has 0 heterocycles. The Hall–Kier alpha value is -0.820. The molecule has 1 aromatic rings. The van der Waals surface area contributed by atoms with E-state index in [2.05, 4.69) is 38.1 Å². The normalized spacial score (nSPS) is 14.5. The quantitative estimate of drug-likeness (QED) is 0.715. The van der Waals surface area contributed by atoms with Crippen LogP contribution in [0.1, 0.15) is 51.5 Å². The highest BCUT2D eigenvalue weighted by Gasteiger charge is 2.12. The zero-order chi connectivity index (χ0) is 12.5. The number of unbranched alkanes of at least 4 members (excludes halogenated alkanes) is 1. The molecule has 1 heteroatoms. The number of hydrogen-bond acceptors (Lipinski definition) is 1. The van der Waals surface area contributed by atoms with Crippen LogP contribution in [0.3, 0.4) is 0 Å². The molecule has 96 valence electrons. The molecule has 1 aromatic carbocycles. The average Bonchev–Trinajstić information content (AvgIpc) is 2.37. The van der Waals surface area contributed by atoms with Gasteiger partial charge in [-0.05, 0) is 37.2 Å². The third-order valence-electron chi connectivity index (χ3n) is 3.48. The van der Waals surface area contributed by atoms with Crippen molar-refractivity contribution in [1.82, 2.24) is 0 Å². The molecule has 0 radical (unpaired) electrons. The highest BCUT2D eigenvalue weighted by Crippen LogP contribution is 2.17. The van der Waals surface area contributed by atoms with Crippen LogP contribution in [-0.2, 0) is 6.42 Å². The van der Waals surface area contributed by atoms with Gasteiger partial charge < -0.3 is 5.11 Å². The van der Waals surface area contributed by atoms with E-state index in [-0.39, 0.29) is 6.10 Å². The van der Waals surface area contributed by atoms with E-state index in [0.29, 0.717) is 5.92 Å². The molecular formula is C16H26O. The van der Waals surface area contributed by atoms with Gasteiger partial charge >= 0.3 is 0 Å². The lowest BCUT2D eigenvalue weighted by Gasteiger charge is -2.18. The Morgan fingerprint density at radius 1 is 1.06 bits per heavy atom. The fourth-order valence-electron chi connectivity index (χ4n) is 2.16. The molecular weight excluding hydrogens is 208 g/mol. The molecule has 0 aliphatic rings. The van der Waals surface area contributed by atoms with E-state index in [4.69, 9.17) is 0 Å². The molecule has 2 unspecified atom stereocenters. The molecule has 1 rings (SSSR count). The Bertz CT molecular complexity index is 281. The van der Waals surface area contributed by atoms with Gasteiger partial charge in [-0.1, -0.05) is 57.0 Å². The smallest absolute Gasteiger partial charge is 0.0565 e. The van der Waals surface area contributed by atoms with Gasteiger partial charge in [-0.25, -0.2) is 0 Å². The fraction of sp³-hybridized carbons (Fsp3) is 0.625. The maximum absolute atomic E-state index is 10.0. The van der Waals surface area contributed by atoms with Crippen LogP contribution in [0.25, 0.3) is 0 Å². The first kappa shape index (κ1) is 14.2. The number of aryl methyl sites for hydroxylation is 1. The minimum Gasteiger partial charge on any atom is -0.393 e. The number of aliphatic hydroxyl groups is 1. The molecule has 0 bridgehead atoms. The molecule has 0 aliphatic heterocycles. The van der Waals surface area contributed by atoms with Crippen molar-refractivity contribution in [3.8, 4) is 0 Å². The molecule has 0 aliphatic carbocycles. The summed E-state index contributed by atoms with van der Waals surface area (Å²) < 4.78 is 0. The molecule has 2 atom stereocenters. The number of aliphatic hydroxyl groups excluding tert-OH is 1. The molecule has 0 aromatic heterocycles. The minimum absolute atomic E-state index is 0.120. The first-order valence-corrected chi connectivity index (χ1v) is 6.96. The van der Waals surface area contributed by atoms with Gasteiger partial charge in [0.2, 0.25) is 0 Å². The molecule has 0 saturated heterocycles. The predicted molar refractivity (Wildman–Crippen MR) is 74.1 cm³/mol. The number of hydrogen-bond donors (Lipinski definition) is 1. The Labute approximate surface area is 106 Å². The summed E-state index contributed by atoms with van der Waals surface area (Å²) in [5.41, 5.74) is 1.38. The van der Waals surface area contributed by atoms with Gasteiger partial charge in [-0.15, -0.1) is 0 Å². The van der Waals surface area contributed by atoms with Crippen LogP contribution in [0.5, 0.6) is 0 Å². The van der Waals surface area contributed by atoms with Crippen molar-refractivity contribution in [2.45, 2.75) is 58.5 Å². The lowest BCUT2D eigenvalue weighted by Crippen LogP contribution is -2.17. The fourth-order valence-corrected chi connectivity index (χ4v) is 2.16. The van der Waals surface area contributed by atoms with Gasteiger partial charge in [-0.2, -0.15) is 0 Å². The van der Waals surface area contributed by atoms with E-state index in [1.54, 1.807) is 0 Å². The minimum atomic E-state index is -0.120. The van der Waals surface area contributed by atoms with Crippen molar-refractivity contribution >= 4 is 0 Å². The summed E-state index contributed by atoms with van der Waals surface area (Å²) in [6.07, 6.45) is 6.59. The zero-order valence-corrected chi connectivity index (χ0v) is 11.2. The van der Waals surface area contributed by atoms with Crippen LogP contribution >= 0.6 is 0 Å². The largest absolute Gasteiger partial charge is 0.393 e. The van der Waals surface area contributed by atoms with E-state index < -0.39 is 0 Å². The summed E-state index contributed by atoms with van der Waals surface area (Å²) in [4.78, 5) is 0. The van der Waals surface area contributed by atoms with Gasteiger partial charge in [0, 0.05) is 0 Å². The third-order valence-corrected chi connectivity index (χ3v) is 3.48. The molecule has 17 heavy (non-hydrogen) atoms. The van der Waals surface area contributed by atoms with Crippen molar-refractivity contribution in [2.24, 2.45) is 5.92 Å². The molecule has 0 saturated carbocycles. The van der Waals surface area contributed by atoms with Gasteiger partial charge in [0.05, 0.1) is 6.10 Å². The summed E-state index contributed by atoms with van der Waals surface area (Å²) in [7, 11) is 0. The summed E-state index contributed by atoms with van der Waals surface area (Å²) in [5, 5.41) is 10.0.